The van der Waals surface area contributed by atoms with Gasteiger partial charge in [0.25, 0.3) is 6.71 Å². The van der Waals surface area contributed by atoms with Crippen molar-refractivity contribution in [2.45, 2.75) is 236 Å². The number of fused-ring (bicyclic) bond motifs is 7. The van der Waals surface area contributed by atoms with E-state index in [1.54, 1.807) is 175 Å². The molecule has 13 aromatic carbocycles. The molecule has 0 atom stereocenters. The molecule has 2 aliphatic heterocycles. The molecule has 3 heterocycles. The highest BCUT2D eigenvalue weighted by atomic mass is 15.2. The summed E-state index contributed by atoms with van der Waals surface area (Å²) in [5, 5.41) is -0.864. The van der Waals surface area contributed by atoms with E-state index in [1.807, 2.05) is 30.3 Å². The topological polar surface area (TPSA) is 11.4 Å². The summed E-state index contributed by atoms with van der Waals surface area (Å²) in [5.74, 6) is 0. The maximum Gasteiger partial charge on any atom is 0.252 e. The van der Waals surface area contributed by atoms with Gasteiger partial charge < -0.3 is 14.4 Å². The average molecular weight is 1580 g/mol. The summed E-state index contributed by atoms with van der Waals surface area (Å²) >= 11 is 0. The van der Waals surface area contributed by atoms with Gasteiger partial charge in [0.05, 0.1) is 70.6 Å². The van der Waals surface area contributed by atoms with E-state index < -0.39 is 298 Å². The fourth-order valence-corrected chi connectivity index (χ4v) is 16.0. The molecular formula is C114H124BN3. The van der Waals surface area contributed by atoms with E-state index >= 15 is 0 Å². The third-order valence-electron chi connectivity index (χ3n) is 22.7. The molecule has 2 aliphatic rings. The van der Waals surface area contributed by atoms with Crippen molar-refractivity contribution in [1.82, 2.24) is 4.57 Å². The van der Waals surface area contributed by atoms with Gasteiger partial charge in [0.2, 0.25) is 0 Å². The zero-order valence-corrected chi connectivity index (χ0v) is 73.3. The smallest absolute Gasteiger partial charge is 0.252 e. The van der Waals surface area contributed by atoms with Crippen molar-refractivity contribution in [1.29, 1.82) is 0 Å². The summed E-state index contributed by atoms with van der Waals surface area (Å²) in [6.07, 6.45) is 0. The Morgan fingerprint density at radius 2 is 0.619 bits per heavy atom. The largest absolute Gasteiger partial charge is 0.310 e. The van der Waals surface area contributed by atoms with Crippen molar-refractivity contribution in [2.75, 3.05) is 9.80 Å². The van der Waals surface area contributed by atoms with Gasteiger partial charge in [-0.25, -0.2) is 0 Å². The lowest BCUT2D eigenvalue weighted by Gasteiger charge is -2.46. The van der Waals surface area contributed by atoms with Crippen molar-refractivity contribution in [3.63, 3.8) is 0 Å². The van der Waals surface area contributed by atoms with E-state index in [0.717, 1.165) is 11.1 Å². The van der Waals surface area contributed by atoms with Gasteiger partial charge in [-0.2, -0.15) is 0 Å². The molecular weight excluding hydrogens is 1420 g/mol. The molecule has 0 saturated heterocycles. The van der Waals surface area contributed by atoms with Crippen LogP contribution >= 0.6 is 0 Å². The summed E-state index contributed by atoms with van der Waals surface area (Å²) in [6, 6.07) is 0.470. The van der Waals surface area contributed by atoms with Crippen LogP contribution in [0.15, 0.2) is 260 Å². The minimum absolute atomic E-state index is 0.0133. The van der Waals surface area contributed by atoms with Gasteiger partial charge in [-0.05, 0) is 220 Å². The minimum Gasteiger partial charge on any atom is -0.310 e. The first-order valence-corrected chi connectivity index (χ1v) is 40.8. The van der Waals surface area contributed by atoms with Crippen LogP contribution in [-0.2, 0) is 48.7 Å². The molecule has 0 N–H and O–H groups in total. The predicted molar refractivity (Wildman–Crippen MR) is 516 cm³/mol. The summed E-state index contributed by atoms with van der Waals surface area (Å²) in [4.78, 5) is 3.18. The normalized spacial score (nSPS) is 17.3. The first-order chi connectivity index (χ1) is 68.2. The van der Waals surface area contributed by atoms with Crippen molar-refractivity contribution < 1.29 is 42.5 Å². The van der Waals surface area contributed by atoms with E-state index in [1.165, 1.54) is 21.6 Å². The molecule has 118 heavy (non-hydrogen) atoms. The van der Waals surface area contributed by atoms with Gasteiger partial charge in [-0.15, -0.1) is 0 Å². The molecule has 0 amide bonds. The molecule has 0 spiro atoms. The second kappa shape index (κ2) is 28.5. The summed E-state index contributed by atoms with van der Waals surface area (Å²) in [5.41, 5.74) is -12.6. The molecule has 0 fully saturated rings. The third-order valence-corrected chi connectivity index (χ3v) is 22.7. The molecule has 4 heteroatoms. The molecule has 0 unspecified atom stereocenters. The van der Waals surface area contributed by atoms with Gasteiger partial charge >= 0.3 is 0 Å². The molecule has 16 rings (SSSR count). The van der Waals surface area contributed by atoms with Crippen molar-refractivity contribution in [2.24, 2.45) is 0 Å². The Bertz CT molecular complexity index is 8000. The van der Waals surface area contributed by atoms with Gasteiger partial charge in [-0.3, -0.25) is 0 Å². The summed E-state index contributed by atoms with van der Waals surface area (Å²) < 4.78 is 324. The van der Waals surface area contributed by atoms with Crippen LogP contribution in [0.5, 0.6) is 0 Å². The number of aromatic nitrogens is 1. The lowest BCUT2D eigenvalue weighted by molar-refractivity contribution is 0.569. The standard InChI is InChI=1S/C114H124BN3/c1-106(2,3)78-52-44-72(45-53-78)88-65-83(111(16,17)18)66-89(73-46-54-79(55-47-73)107(4,5)6)104(88)117-99-63-76(77-60-81(109(10,11)12)64-82(61-77)110(13,14)15)51-59-95(99)115-94-58-50-75(71-36-29-28-30-37-71)62-98(94)118(101-70-85(69-100(117)103(101)115)116-96-42-33-31-38-86(96)87-39-32-34-43-97(87)116)105-90(74-48-56-80(57-49-74)108(7,8)9)67-84(112(19,20)21)68-91(105)102-92(113(22,23)24)40-35-41-93(102)114(25,26)27/h28-70H,1-27H3/i28D,29D,30D,31D,32D,33D,34D,35D,36D,37D,38D,39D,40D,41D,42D,43D,44D,45D,46D,47D,48D,49D,52D,53D,54D,55D,56D,57D,65D,67D,68D. The number of benzene rings is 13. The van der Waals surface area contributed by atoms with E-state index in [4.69, 9.17) is 1.37 Å². The Hall–Kier alpha value is -10.7. The van der Waals surface area contributed by atoms with E-state index in [0.29, 0.717) is 11.1 Å². The van der Waals surface area contributed by atoms with Crippen molar-refractivity contribution >= 4 is 79.0 Å². The van der Waals surface area contributed by atoms with Gasteiger partial charge in [0.1, 0.15) is 0 Å². The van der Waals surface area contributed by atoms with Gasteiger partial charge in [-0.1, -0.05) is 387 Å². The highest BCUT2D eigenvalue weighted by Crippen LogP contribution is 2.58. The second-order valence-corrected chi connectivity index (χ2v) is 41.2. The zero-order chi connectivity index (χ0) is 111. The first-order valence-electron chi connectivity index (χ1n) is 56.3. The van der Waals surface area contributed by atoms with Crippen molar-refractivity contribution in [3.05, 3.63) is 310 Å². The molecule has 1 aromatic heterocycles. The number of rotatable bonds is 9. The average Bonchev–Trinajstić information content (AvgIpc) is 1.48. The fraction of sp³-hybridized carbons (Fsp3) is 0.316. The third kappa shape index (κ3) is 14.7. The number of anilines is 6. The molecule has 0 bridgehead atoms. The predicted octanol–water partition coefficient (Wildman–Crippen LogP) is 30.5. The Labute approximate surface area is 751 Å². The Balaban J connectivity index is 1.35. The van der Waals surface area contributed by atoms with Crippen LogP contribution < -0.4 is 26.2 Å². The van der Waals surface area contributed by atoms with Crippen LogP contribution in [0.4, 0.5) is 34.1 Å². The van der Waals surface area contributed by atoms with E-state index in [2.05, 4.69) is 47.6 Å². The molecule has 14 aromatic rings. The van der Waals surface area contributed by atoms with E-state index in [-0.39, 0.29) is 117 Å². The molecule has 598 valence electrons. The molecule has 0 radical (unpaired) electrons. The molecule has 3 nitrogen and oxygen atoms in total. The van der Waals surface area contributed by atoms with Gasteiger partial charge in [0.15, 0.2) is 0 Å². The quantitative estimate of drug-likeness (QED) is 0.133. The maximum atomic E-state index is 11.9. The first kappa shape index (κ1) is 51.6. The highest BCUT2D eigenvalue weighted by Gasteiger charge is 2.47. The molecule has 0 saturated carbocycles. The number of hydrogen-bond donors (Lipinski definition) is 0. The fourth-order valence-electron chi connectivity index (χ4n) is 16.0. The van der Waals surface area contributed by atoms with E-state index in [9.17, 15) is 41.1 Å². The van der Waals surface area contributed by atoms with Crippen LogP contribution in [-0.4, -0.2) is 11.3 Å². The molecule has 0 aliphatic carbocycles. The Morgan fingerprint density at radius 1 is 0.254 bits per heavy atom. The number of para-hydroxylation sites is 2. The lowest BCUT2D eigenvalue weighted by atomic mass is 9.33. The highest BCUT2D eigenvalue weighted by molar-refractivity contribution is 7.00. The van der Waals surface area contributed by atoms with Crippen LogP contribution in [0.1, 0.15) is 280 Å². The monoisotopic (exact) mass is 1580 g/mol. The summed E-state index contributed by atoms with van der Waals surface area (Å²) in [7, 11) is 0. The van der Waals surface area contributed by atoms with Gasteiger partial charge in [0, 0.05) is 55.8 Å². The maximum absolute atomic E-state index is 11.9. The lowest BCUT2D eigenvalue weighted by Crippen LogP contribution is -2.61. The van der Waals surface area contributed by atoms with Crippen LogP contribution in [0.2, 0.25) is 0 Å². The summed E-state index contributed by atoms with van der Waals surface area (Å²) in [6.45, 7) is 47.7. The van der Waals surface area contributed by atoms with Crippen molar-refractivity contribution in [3.8, 4) is 72.4 Å². The second-order valence-electron chi connectivity index (χ2n) is 41.2. The number of nitrogens with zero attached hydrogens (tertiary/aromatic N) is 3. The minimum atomic E-state index is -1.44. The van der Waals surface area contributed by atoms with Crippen LogP contribution in [0.25, 0.3) is 94.3 Å². The Kier molecular flexibility index (Phi) is 12.5. The number of hydrogen-bond acceptors (Lipinski definition) is 2. The zero-order valence-electron chi connectivity index (χ0n) is 104. The Morgan fingerprint density at radius 3 is 1.03 bits per heavy atom. The SMILES string of the molecule is [2H]c1c([2H])c([2H])c(-c2ccc3c(c2)N(c2c(-c4c([2H])c([2H])c(C(C)(C)C)c([2H])c4[2H])c([2H])c(C(C)(C)C)c([2H])c2-c2c(C(C)(C)C)c([2H])c([2H])c([2H])c2C(C)(C)C)c2cc(-n4c5c([2H])c([2H])c([2H])c([2H])c5c5c([2H])c([2H])c([2H])c([2H])c54)cc4c2B3c2ccc(-c3cc(C(C)(C)C)cc(C(C)(C)C)c3)cc2N4c2c(-c3c([2H])c([2H])c(C(C)(C)C)c([2H])c3[2H])cc(C(C)(C)C)c([2H])c2-c2c([2H])c([2H])c(C(C)(C)C)c([2H])c2[2H])c([2H])c1[2H]. The van der Waals surface area contributed by atoms with Crippen LogP contribution in [0.3, 0.4) is 0 Å². The van der Waals surface area contributed by atoms with Crippen LogP contribution in [0, 0.1) is 0 Å².